The molecule has 1 aromatic carbocycles. The maximum atomic E-state index is 11.2. The van der Waals surface area contributed by atoms with Crippen molar-refractivity contribution in [2.45, 2.75) is 19.7 Å². The number of hydrogen-bond acceptors (Lipinski definition) is 4. The van der Waals surface area contributed by atoms with Crippen LogP contribution in [0.15, 0.2) is 18.2 Å². The lowest BCUT2D eigenvalue weighted by Gasteiger charge is -2.09. The van der Waals surface area contributed by atoms with Crippen LogP contribution in [0.4, 0.5) is 5.69 Å². The number of para-hydroxylation sites is 1. The maximum absolute atomic E-state index is 11.2. The quantitative estimate of drug-likeness (QED) is 0.492. The van der Waals surface area contributed by atoms with E-state index >= 15 is 0 Å². The molecule has 0 fully saturated rings. The lowest BCUT2D eigenvalue weighted by Crippen LogP contribution is -2.00. The highest BCUT2D eigenvalue weighted by molar-refractivity contribution is 6.17. The van der Waals surface area contributed by atoms with Crippen molar-refractivity contribution >= 4 is 17.3 Å². The van der Waals surface area contributed by atoms with Crippen LogP contribution in [0.5, 0.6) is 11.6 Å². The number of nitro groups is 1. The Morgan fingerprint density at radius 1 is 1.45 bits per heavy atom. The molecular weight excluding hydrogens is 282 g/mol. The number of ether oxygens (including phenoxy) is 1. The highest BCUT2D eigenvalue weighted by atomic mass is 35.5. The number of nitro benzene ring substituents is 1. The van der Waals surface area contributed by atoms with Crippen LogP contribution < -0.4 is 4.74 Å². The molecule has 106 valence electrons. The molecule has 0 saturated heterocycles. The highest BCUT2D eigenvalue weighted by Crippen LogP contribution is 2.36. The normalized spacial score (nSPS) is 10.6. The molecule has 0 atom stereocenters. The van der Waals surface area contributed by atoms with E-state index in [4.69, 9.17) is 16.3 Å². The van der Waals surface area contributed by atoms with Crippen molar-refractivity contribution < 1.29 is 9.66 Å². The fourth-order valence-electron chi connectivity index (χ4n) is 2.01. The Morgan fingerprint density at radius 2 is 2.15 bits per heavy atom. The van der Waals surface area contributed by atoms with Gasteiger partial charge in [-0.25, -0.2) is 4.68 Å². The van der Waals surface area contributed by atoms with Crippen molar-refractivity contribution in [1.29, 1.82) is 0 Å². The highest BCUT2D eigenvalue weighted by Gasteiger charge is 2.22. The van der Waals surface area contributed by atoms with Crippen molar-refractivity contribution in [3.63, 3.8) is 0 Å². The number of halogens is 1. The smallest absolute Gasteiger partial charge is 0.314 e. The number of rotatable bonds is 4. The molecule has 20 heavy (non-hydrogen) atoms. The van der Waals surface area contributed by atoms with Gasteiger partial charge in [-0.15, -0.1) is 11.6 Å². The van der Waals surface area contributed by atoms with Crippen LogP contribution in [0.25, 0.3) is 0 Å². The van der Waals surface area contributed by atoms with Crippen LogP contribution in [0.1, 0.15) is 16.8 Å². The summed E-state index contributed by atoms with van der Waals surface area (Å²) in [7, 11) is 1.71. The number of nitrogens with zero attached hydrogens (tertiary/aromatic N) is 3. The fraction of sp³-hybridized carbons (Fsp3) is 0.308. The molecule has 7 heteroatoms. The van der Waals surface area contributed by atoms with Gasteiger partial charge in [-0.3, -0.25) is 10.1 Å². The third-order valence-electron chi connectivity index (χ3n) is 3.01. The molecule has 0 amide bonds. The summed E-state index contributed by atoms with van der Waals surface area (Å²) in [6, 6.07) is 4.94. The molecule has 2 aromatic rings. The standard InChI is InChI=1S/C13H14ClN3O3/c1-8-5-4-6-11(12(8)17(18)19)20-13-10(7-14)9(2)15-16(13)3/h4-6H,7H2,1-3H3. The third kappa shape index (κ3) is 2.46. The van der Waals surface area contributed by atoms with Crippen molar-refractivity contribution in [2.75, 3.05) is 0 Å². The average molecular weight is 296 g/mol. The second kappa shape index (κ2) is 5.50. The predicted octanol–water partition coefficient (Wildman–Crippen LogP) is 3.48. The summed E-state index contributed by atoms with van der Waals surface area (Å²) in [6.07, 6.45) is 0. The van der Waals surface area contributed by atoms with Gasteiger partial charge in [-0.1, -0.05) is 12.1 Å². The Kier molecular flexibility index (Phi) is 3.94. The average Bonchev–Trinajstić information content (AvgIpc) is 2.63. The van der Waals surface area contributed by atoms with Gasteiger partial charge in [0.05, 0.1) is 22.1 Å². The Balaban J connectivity index is 2.51. The molecule has 0 N–H and O–H groups in total. The van der Waals surface area contributed by atoms with Gasteiger partial charge in [0.1, 0.15) is 0 Å². The van der Waals surface area contributed by atoms with E-state index in [2.05, 4.69) is 5.10 Å². The number of aryl methyl sites for hydroxylation is 3. The molecule has 0 spiro atoms. The van der Waals surface area contributed by atoms with Gasteiger partial charge in [0.25, 0.3) is 0 Å². The van der Waals surface area contributed by atoms with E-state index in [-0.39, 0.29) is 17.3 Å². The van der Waals surface area contributed by atoms with Gasteiger partial charge in [0, 0.05) is 12.6 Å². The lowest BCUT2D eigenvalue weighted by atomic mass is 10.2. The van der Waals surface area contributed by atoms with Gasteiger partial charge < -0.3 is 4.74 Å². The molecule has 1 heterocycles. The second-order valence-electron chi connectivity index (χ2n) is 4.41. The summed E-state index contributed by atoms with van der Waals surface area (Å²) in [5.74, 6) is 0.838. The third-order valence-corrected chi connectivity index (χ3v) is 3.28. The van der Waals surface area contributed by atoms with Crippen molar-refractivity contribution in [1.82, 2.24) is 9.78 Å². The van der Waals surface area contributed by atoms with E-state index in [0.29, 0.717) is 11.4 Å². The summed E-state index contributed by atoms with van der Waals surface area (Å²) in [5.41, 5.74) is 1.96. The first-order valence-corrected chi connectivity index (χ1v) is 6.49. The van der Waals surface area contributed by atoms with E-state index in [0.717, 1.165) is 11.3 Å². The molecule has 6 nitrogen and oxygen atoms in total. The zero-order chi connectivity index (χ0) is 14.9. The van der Waals surface area contributed by atoms with E-state index in [1.807, 2.05) is 6.92 Å². The largest absolute Gasteiger partial charge is 0.432 e. The molecule has 0 aliphatic rings. The van der Waals surface area contributed by atoms with Crippen LogP contribution in [0, 0.1) is 24.0 Å². The number of aromatic nitrogens is 2. The van der Waals surface area contributed by atoms with Crippen LogP contribution in [0.3, 0.4) is 0 Å². The van der Waals surface area contributed by atoms with Gasteiger partial charge in [-0.2, -0.15) is 5.10 Å². The Labute approximate surface area is 121 Å². The summed E-state index contributed by atoms with van der Waals surface area (Å²) in [6.45, 7) is 3.48. The zero-order valence-corrected chi connectivity index (χ0v) is 12.1. The van der Waals surface area contributed by atoms with Crippen molar-refractivity contribution in [3.05, 3.63) is 45.1 Å². The van der Waals surface area contributed by atoms with Gasteiger partial charge >= 0.3 is 5.69 Å². The van der Waals surface area contributed by atoms with Crippen LogP contribution in [-0.4, -0.2) is 14.7 Å². The molecule has 0 radical (unpaired) electrons. The maximum Gasteiger partial charge on any atom is 0.314 e. The number of alkyl halides is 1. The summed E-state index contributed by atoms with van der Waals surface area (Å²) < 4.78 is 7.23. The minimum Gasteiger partial charge on any atom is -0.432 e. The minimum atomic E-state index is -0.450. The first kappa shape index (κ1) is 14.3. The molecule has 0 bridgehead atoms. The summed E-state index contributed by atoms with van der Waals surface area (Å²) in [5, 5.41) is 15.4. The van der Waals surface area contributed by atoms with Crippen molar-refractivity contribution in [2.24, 2.45) is 7.05 Å². The van der Waals surface area contributed by atoms with Gasteiger partial charge in [0.2, 0.25) is 11.6 Å². The zero-order valence-electron chi connectivity index (χ0n) is 11.4. The monoisotopic (exact) mass is 295 g/mol. The first-order chi connectivity index (χ1) is 9.45. The summed E-state index contributed by atoms with van der Waals surface area (Å²) >= 11 is 5.88. The molecule has 0 unspecified atom stereocenters. The van der Waals surface area contributed by atoms with E-state index < -0.39 is 4.92 Å². The Bertz CT molecular complexity index is 667. The van der Waals surface area contributed by atoms with Crippen molar-refractivity contribution in [3.8, 4) is 11.6 Å². The van der Waals surface area contributed by atoms with E-state index in [1.165, 1.54) is 4.68 Å². The topological polar surface area (TPSA) is 70.2 Å². The predicted molar refractivity (Wildman–Crippen MR) is 75.4 cm³/mol. The first-order valence-electron chi connectivity index (χ1n) is 5.96. The van der Waals surface area contributed by atoms with Crippen LogP contribution in [-0.2, 0) is 12.9 Å². The van der Waals surface area contributed by atoms with E-state index in [9.17, 15) is 10.1 Å². The molecule has 2 rings (SSSR count). The fourth-order valence-corrected chi connectivity index (χ4v) is 2.32. The SMILES string of the molecule is Cc1cccc(Oc2c(CCl)c(C)nn2C)c1[N+](=O)[O-]. The molecule has 0 saturated carbocycles. The number of hydrogen-bond donors (Lipinski definition) is 0. The number of benzene rings is 1. The van der Waals surface area contributed by atoms with Crippen LogP contribution in [0.2, 0.25) is 0 Å². The lowest BCUT2D eigenvalue weighted by molar-refractivity contribution is -0.386. The second-order valence-corrected chi connectivity index (χ2v) is 4.67. The Hall–Kier alpha value is -2.08. The minimum absolute atomic E-state index is 0.0492. The molecular formula is C13H14ClN3O3. The van der Waals surface area contributed by atoms with Gasteiger partial charge in [0.15, 0.2) is 0 Å². The van der Waals surface area contributed by atoms with Gasteiger partial charge in [-0.05, 0) is 19.9 Å². The molecule has 0 aliphatic carbocycles. The molecule has 0 aliphatic heterocycles. The van der Waals surface area contributed by atoms with Crippen LogP contribution >= 0.6 is 11.6 Å². The summed E-state index contributed by atoms with van der Waals surface area (Å²) in [4.78, 5) is 10.7. The Morgan fingerprint density at radius 3 is 2.75 bits per heavy atom. The van der Waals surface area contributed by atoms with E-state index in [1.54, 1.807) is 32.2 Å². The molecule has 1 aromatic heterocycles.